The zero-order chi connectivity index (χ0) is 15.0. The molecule has 1 fully saturated rings. The molecule has 0 aliphatic heterocycles. The van der Waals surface area contributed by atoms with Gasteiger partial charge in [-0.25, -0.2) is 4.99 Å². The fourth-order valence-electron chi connectivity index (χ4n) is 2.83. The normalized spacial score (nSPS) is 22.3. The van der Waals surface area contributed by atoms with Crippen LogP contribution in [-0.4, -0.2) is 17.5 Å². The Bertz CT molecular complexity index is 677. The lowest BCUT2D eigenvalue weighted by Crippen LogP contribution is -2.45. The SMILES string of the molecule is CC(C)(C)NC(N)=N[C@@H]1C[C@H]1c1cccc2ccccc12. The predicted molar refractivity (Wildman–Crippen MR) is 89.6 cm³/mol. The smallest absolute Gasteiger partial charge is 0.189 e. The lowest BCUT2D eigenvalue weighted by atomic mass is 10.0. The maximum Gasteiger partial charge on any atom is 0.189 e. The van der Waals surface area contributed by atoms with E-state index in [2.05, 4.69) is 73.5 Å². The minimum atomic E-state index is -0.0442. The molecule has 2 atom stereocenters. The number of hydrogen-bond acceptors (Lipinski definition) is 1. The van der Waals surface area contributed by atoms with Gasteiger partial charge in [-0.15, -0.1) is 0 Å². The van der Waals surface area contributed by atoms with E-state index in [1.165, 1.54) is 16.3 Å². The molecule has 0 bridgehead atoms. The summed E-state index contributed by atoms with van der Waals surface area (Å²) in [6.07, 6.45) is 1.08. The second-order valence-electron chi connectivity index (χ2n) is 6.87. The first-order valence-electron chi connectivity index (χ1n) is 7.53. The van der Waals surface area contributed by atoms with Gasteiger partial charge in [0.05, 0.1) is 6.04 Å². The van der Waals surface area contributed by atoms with Gasteiger partial charge in [-0.1, -0.05) is 42.5 Å². The number of guanidine groups is 1. The number of aliphatic imine (C=N–C) groups is 1. The molecule has 0 spiro atoms. The molecule has 3 nitrogen and oxygen atoms in total. The zero-order valence-corrected chi connectivity index (χ0v) is 12.9. The highest BCUT2D eigenvalue weighted by molar-refractivity contribution is 5.87. The zero-order valence-electron chi connectivity index (χ0n) is 12.9. The van der Waals surface area contributed by atoms with E-state index in [0.29, 0.717) is 17.9 Å². The van der Waals surface area contributed by atoms with E-state index in [-0.39, 0.29) is 5.54 Å². The number of nitrogens with one attached hydrogen (secondary N) is 1. The topological polar surface area (TPSA) is 50.4 Å². The first-order chi connectivity index (χ1) is 9.94. The van der Waals surface area contributed by atoms with Crippen molar-refractivity contribution in [1.29, 1.82) is 0 Å². The van der Waals surface area contributed by atoms with Crippen molar-refractivity contribution >= 4 is 16.7 Å². The van der Waals surface area contributed by atoms with Crippen molar-refractivity contribution in [3.63, 3.8) is 0 Å². The van der Waals surface area contributed by atoms with Gasteiger partial charge in [-0.05, 0) is 43.5 Å². The first-order valence-corrected chi connectivity index (χ1v) is 7.53. The molecule has 1 aliphatic rings. The lowest BCUT2D eigenvalue weighted by molar-refractivity contribution is 0.508. The Balaban J connectivity index is 1.80. The molecule has 0 heterocycles. The highest BCUT2D eigenvalue weighted by atomic mass is 15.1. The van der Waals surface area contributed by atoms with Gasteiger partial charge in [0.2, 0.25) is 0 Å². The van der Waals surface area contributed by atoms with Gasteiger partial charge in [0, 0.05) is 11.5 Å². The Morgan fingerprint density at radius 3 is 2.62 bits per heavy atom. The van der Waals surface area contributed by atoms with Gasteiger partial charge >= 0.3 is 0 Å². The lowest BCUT2D eigenvalue weighted by Gasteiger charge is -2.21. The highest BCUT2D eigenvalue weighted by Crippen LogP contribution is 2.45. The maximum atomic E-state index is 5.99. The summed E-state index contributed by atoms with van der Waals surface area (Å²) in [6, 6.07) is 15.4. The van der Waals surface area contributed by atoms with Gasteiger partial charge in [-0.3, -0.25) is 0 Å². The van der Waals surface area contributed by atoms with Crippen molar-refractivity contribution in [3.05, 3.63) is 48.0 Å². The quantitative estimate of drug-likeness (QED) is 0.655. The van der Waals surface area contributed by atoms with Crippen molar-refractivity contribution in [2.24, 2.45) is 10.7 Å². The van der Waals surface area contributed by atoms with Crippen LogP contribution in [0.1, 0.15) is 38.7 Å². The summed E-state index contributed by atoms with van der Waals surface area (Å²) >= 11 is 0. The molecular formula is C18H23N3. The van der Waals surface area contributed by atoms with E-state index in [4.69, 9.17) is 5.73 Å². The Labute approximate surface area is 126 Å². The van der Waals surface area contributed by atoms with E-state index in [1.54, 1.807) is 0 Å². The molecule has 0 saturated heterocycles. The first kappa shape index (κ1) is 13.9. The third-order valence-electron chi connectivity index (χ3n) is 3.79. The summed E-state index contributed by atoms with van der Waals surface area (Å²) in [7, 11) is 0. The van der Waals surface area contributed by atoms with Crippen LogP contribution in [0.5, 0.6) is 0 Å². The van der Waals surface area contributed by atoms with E-state index in [0.717, 1.165) is 6.42 Å². The van der Waals surface area contributed by atoms with Crippen LogP contribution in [0.2, 0.25) is 0 Å². The molecule has 0 amide bonds. The molecule has 3 rings (SSSR count). The van der Waals surface area contributed by atoms with Gasteiger partial charge in [0.25, 0.3) is 0 Å². The number of benzene rings is 2. The fourth-order valence-corrected chi connectivity index (χ4v) is 2.83. The molecule has 2 aromatic carbocycles. The van der Waals surface area contributed by atoms with Crippen molar-refractivity contribution in [2.75, 3.05) is 0 Å². The average Bonchev–Trinajstić information content (AvgIpc) is 3.14. The third-order valence-corrected chi connectivity index (χ3v) is 3.79. The second kappa shape index (κ2) is 5.06. The minimum absolute atomic E-state index is 0.0442. The monoisotopic (exact) mass is 281 g/mol. The van der Waals surface area contributed by atoms with Crippen LogP contribution in [0.3, 0.4) is 0 Å². The third kappa shape index (κ3) is 3.18. The van der Waals surface area contributed by atoms with Crippen LogP contribution < -0.4 is 11.1 Å². The molecular weight excluding hydrogens is 258 g/mol. The van der Waals surface area contributed by atoms with Crippen molar-refractivity contribution in [1.82, 2.24) is 5.32 Å². The molecule has 21 heavy (non-hydrogen) atoms. The van der Waals surface area contributed by atoms with Crippen LogP contribution in [0.25, 0.3) is 10.8 Å². The average molecular weight is 281 g/mol. The van der Waals surface area contributed by atoms with Crippen LogP contribution in [0, 0.1) is 0 Å². The summed E-state index contributed by atoms with van der Waals surface area (Å²) in [5, 5.41) is 5.86. The van der Waals surface area contributed by atoms with Crippen LogP contribution in [0.15, 0.2) is 47.5 Å². The number of nitrogens with two attached hydrogens (primary N) is 1. The van der Waals surface area contributed by atoms with E-state index in [9.17, 15) is 0 Å². The molecule has 2 aromatic rings. The predicted octanol–water partition coefficient (Wildman–Crippen LogP) is 3.40. The fraction of sp³-hybridized carbons (Fsp3) is 0.389. The molecule has 0 radical (unpaired) electrons. The standard InChI is InChI=1S/C18H23N3/c1-18(2,3)21-17(19)20-16-11-15(16)14-10-6-8-12-7-4-5-9-13(12)14/h4-10,15-16H,11H2,1-3H3,(H3,19,20,21)/t15-,16+/m0/s1. The van der Waals surface area contributed by atoms with Gasteiger partial charge in [0.15, 0.2) is 5.96 Å². The molecule has 110 valence electrons. The van der Waals surface area contributed by atoms with Gasteiger partial charge in [-0.2, -0.15) is 0 Å². The Hall–Kier alpha value is -2.03. The molecule has 1 aliphatic carbocycles. The van der Waals surface area contributed by atoms with Gasteiger partial charge in [0.1, 0.15) is 0 Å². The number of nitrogens with zero attached hydrogens (tertiary/aromatic N) is 1. The van der Waals surface area contributed by atoms with Gasteiger partial charge < -0.3 is 11.1 Å². The molecule has 3 heteroatoms. The summed E-state index contributed by atoms with van der Waals surface area (Å²) in [6.45, 7) is 6.26. The van der Waals surface area contributed by atoms with Crippen molar-refractivity contribution < 1.29 is 0 Å². The maximum absolute atomic E-state index is 5.99. The van der Waals surface area contributed by atoms with Crippen molar-refractivity contribution in [3.8, 4) is 0 Å². The molecule has 3 N–H and O–H groups in total. The highest BCUT2D eigenvalue weighted by Gasteiger charge is 2.39. The second-order valence-corrected chi connectivity index (χ2v) is 6.87. The summed E-state index contributed by atoms with van der Waals surface area (Å²) in [5.41, 5.74) is 7.34. The Morgan fingerprint density at radius 1 is 1.14 bits per heavy atom. The van der Waals surface area contributed by atoms with Crippen LogP contribution >= 0.6 is 0 Å². The molecule has 1 saturated carbocycles. The summed E-state index contributed by atoms with van der Waals surface area (Å²) in [4.78, 5) is 4.62. The molecule has 0 aromatic heterocycles. The summed E-state index contributed by atoms with van der Waals surface area (Å²) < 4.78 is 0. The minimum Gasteiger partial charge on any atom is -0.370 e. The van der Waals surface area contributed by atoms with E-state index >= 15 is 0 Å². The van der Waals surface area contributed by atoms with Crippen LogP contribution in [0.4, 0.5) is 0 Å². The van der Waals surface area contributed by atoms with Crippen LogP contribution in [-0.2, 0) is 0 Å². The summed E-state index contributed by atoms with van der Waals surface area (Å²) in [5.74, 6) is 1.05. The Morgan fingerprint density at radius 2 is 1.86 bits per heavy atom. The Kier molecular flexibility index (Phi) is 3.36. The van der Waals surface area contributed by atoms with E-state index in [1.807, 2.05) is 0 Å². The number of hydrogen-bond donors (Lipinski definition) is 2. The van der Waals surface area contributed by atoms with E-state index < -0.39 is 0 Å². The van der Waals surface area contributed by atoms with Crippen molar-refractivity contribution in [2.45, 2.75) is 44.7 Å². The number of rotatable bonds is 2. The largest absolute Gasteiger partial charge is 0.370 e. The molecule has 0 unspecified atom stereocenters. The number of fused-ring (bicyclic) bond motifs is 1.